The molecular weight excluding hydrogens is 523 g/mol. The molecule has 0 amide bonds. The van der Waals surface area contributed by atoms with E-state index in [-0.39, 0.29) is 36.4 Å². The van der Waals surface area contributed by atoms with Crippen molar-refractivity contribution in [3.63, 3.8) is 0 Å². The van der Waals surface area contributed by atoms with E-state index in [2.05, 4.69) is 10.1 Å². The number of rotatable bonds is 12. The van der Waals surface area contributed by atoms with Gasteiger partial charge in [-0.1, -0.05) is 32.5 Å². The molecule has 2 heterocycles. The van der Waals surface area contributed by atoms with Gasteiger partial charge in [-0.2, -0.15) is 4.98 Å². The summed E-state index contributed by atoms with van der Waals surface area (Å²) in [6, 6.07) is 0.898. The van der Waals surface area contributed by atoms with E-state index in [1.165, 1.54) is 16.3 Å². The molecule has 0 saturated carbocycles. The summed E-state index contributed by atoms with van der Waals surface area (Å²) in [7, 11) is -0.665. The van der Waals surface area contributed by atoms with Crippen LogP contribution < -0.4 is 16.5 Å². The molecule has 12 nitrogen and oxygen atoms in total. The van der Waals surface area contributed by atoms with Gasteiger partial charge in [0.25, 0.3) is 8.53 Å². The van der Waals surface area contributed by atoms with Crippen molar-refractivity contribution >= 4 is 37.2 Å². The average molecular weight is 565 g/mol. The number of nitrogens with zero attached hydrogens (tertiary/aromatic N) is 2. The van der Waals surface area contributed by atoms with E-state index in [0.717, 1.165) is 7.11 Å². The molecule has 2 rings (SSSR count). The lowest BCUT2D eigenvalue weighted by molar-refractivity contribution is -0.149. The normalized spacial score (nSPS) is 19.2. The number of hydrogen-bond acceptors (Lipinski definition) is 12. The first kappa shape index (κ1) is 33.4. The maximum Gasteiger partial charge on any atom is 0.351 e. The van der Waals surface area contributed by atoms with Crippen molar-refractivity contribution < 1.29 is 33.2 Å². The summed E-state index contributed by atoms with van der Waals surface area (Å²) in [6.07, 6.45) is 1.89. The van der Waals surface area contributed by atoms with Crippen LogP contribution in [0.4, 0.5) is 5.82 Å². The molecule has 0 radical (unpaired) electrons. The number of esters is 1. The highest BCUT2D eigenvalue weighted by Gasteiger charge is 2.30. The van der Waals surface area contributed by atoms with E-state index < -0.39 is 37.9 Å². The summed E-state index contributed by atoms with van der Waals surface area (Å²) < 4.78 is 24.4. The van der Waals surface area contributed by atoms with E-state index in [1.54, 1.807) is 33.0 Å². The first-order valence-corrected chi connectivity index (χ1v) is 14.2. The Balaban J connectivity index is 0.00000334. The van der Waals surface area contributed by atoms with Gasteiger partial charge in [-0.05, 0) is 39.7 Å². The van der Waals surface area contributed by atoms with Crippen LogP contribution in [-0.4, -0.2) is 70.1 Å². The summed E-state index contributed by atoms with van der Waals surface area (Å²) in [6.45, 7) is 11.3. The largest absolute Gasteiger partial charge is 0.462 e. The van der Waals surface area contributed by atoms with Crippen LogP contribution in [0.25, 0.3) is 0 Å². The van der Waals surface area contributed by atoms with E-state index in [4.69, 9.17) is 29.4 Å². The fourth-order valence-corrected chi connectivity index (χ4v) is 5.05. The number of carbonyl (C=O) groups is 2. The predicted octanol–water partition coefficient (Wildman–Crippen LogP) is 2.61. The number of anilines is 1. The number of thioether (sulfide) groups is 1. The summed E-state index contributed by atoms with van der Waals surface area (Å²) in [5.41, 5.74) is 4.65. The molecule has 4 unspecified atom stereocenters. The molecule has 4 atom stereocenters. The summed E-state index contributed by atoms with van der Waals surface area (Å²) >= 11 is 1.20. The Kier molecular flexibility index (Phi) is 14.8. The van der Waals surface area contributed by atoms with Gasteiger partial charge in [0.1, 0.15) is 18.1 Å². The average Bonchev–Trinajstić information content (AvgIpc) is 3.28. The Hall–Kier alpha value is -1.60. The zero-order valence-electron chi connectivity index (χ0n) is 22.6. The SMILES string of the molecule is CC(C)OC(=O)C(C)NP(OCCSC(=O)C(C)(C)C)OCC1CCC(n2ccc(N)nc2=O)O1.CO. The molecule has 4 N–H and O–H groups in total. The van der Waals surface area contributed by atoms with Crippen LogP contribution in [0.15, 0.2) is 17.1 Å². The number of nitrogens with one attached hydrogen (secondary N) is 1. The molecule has 1 aromatic heterocycles. The molecule has 0 spiro atoms. The Labute approximate surface area is 223 Å². The molecular formula is C23H41N4O8PS. The van der Waals surface area contributed by atoms with Gasteiger partial charge in [-0.25, -0.2) is 9.88 Å². The molecule has 0 aromatic carbocycles. The third-order valence-corrected chi connectivity index (χ3v) is 7.41. The van der Waals surface area contributed by atoms with Crippen molar-refractivity contribution in [1.82, 2.24) is 14.6 Å². The maximum absolute atomic E-state index is 12.2. The Bertz CT molecular complexity index is 911. The second-order valence-electron chi connectivity index (χ2n) is 9.44. The topological polar surface area (TPSA) is 164 Å². The number of nitrogen functional groups attached to an aromatic ring is 1. The van der Waals surface area contributed by atoms with Crippen molar-refractivity contribution in [3.8, 4) is 0 Å². The van der Waals surface area contributed by atoms with Gasteiger partial charge < -0.3 is 29.4 Å². The number of carbonyl (C=O) groups excluding carboxylic acids is 2. The molecule has 1 aromatic rings. The highest BCUT2D eigenvalue weighted by Crippen LogP contribution is 2.37. The van der Waals surface area contributed by atoms with Crippen molar-refractivity contribution in [1.29, 1.82) is 0 Å². The smallest absolute Gasteiger partial charge is 0.351 e. The lowest BCUT2D eigenvalue weighted by Gasteiger charge is -2.24. The number of aromatic nitrogens is 2. The monoisotopic (exact) mass is 564 g/mol. The number of hydrogen-bond donors (Lipinski definition) is 3. The molecule has 0 aliphatic carbocycles. The molecule has 1 fully saturated rings. The van der Waals surface area contributed by atoms with E-state index in [9.17, 15) is 14.4 Å². The molecule has 212 valence electrons. The fourth-order valence-electron chi connectivity index (χ4n) is 2.94. The minimum Gasteiger partial charge on any atom is -0.462 e. The van der Waals surface area contributed by atoms with E-state index >= 15 is 0 Å². The van der Waals surface area contributed by atoms with Crippen LogP contribution in [-0.2, 0) is 28.1 Å². The highest BCUT2D eigenvalue weighted by atomic mass is 32.2. The van der Waals surface area contributed by atoms with Crippen LogP contribution in [0.5, 0.6) is 0 Å². The van der Waals surface area contributed by atoms with Crippen molar-refractivity contribution in [2.45, 2.75) is 78.9 Å². The fraction of sp³-hybridized carbons (Fsp3) is 0.739. The van der Waals surface area contributed by atoms with Crippen molar-refractivity contribution in [3.05, 3.63) is 22.7 Å². The van der Waals surface area contributed by atoms with Crippen LogP contribution in [0, 0.1) is 5.41 Å². The van der Waals surface area contributed by atoms with Gasteiger partial charge in [0.2, 0.25) is 0 Å². The number of nitrogens with two attached hydrogens (primary N) is 1. The van der Waals surface area contributed by atoms with E-state index in [0.29, 0.717) is 18.6 Å². The Morgan fingerprint density at radius 2 is 1.97 bits per heavy atom. The standard InChI is InChI=1S/C22H37N4O7PS.CH4O/c1-14(2)32-19(27)15(3)25-34(30-11-12-35-20(28)22(4,5)6)31-13-16-7-8-18(33-16)26-10-9-17(23)24-21(26)29;1-2/h9-10,14-16,18,25H,7-8,11-13H2,1-6H3,(H2,23,24,29);2H,1H3. The predicted molar refractivity (Wildman–Crippen MR) is 144 cm³/mol. The zero-order chi connectivity index (χ0) is 28.2. The Morgan fingerprint density at radius 1 is 1.30 bits per heavy atom. The Morgan fingerprint density at radius 3 is 2.57 bits per heavy atom. The van der Waals surface area contributed by atoms with Crippen LogP contribution >= 0.6 is 20.3 Å². The summed E-state index contributed by atoms with van der Waals surface area (Å²) in [5.74, 6) is 0.203. The summed E-state index contributed by atoms with van der Waals surface area (Å²) in [5, 5.41) is 10.1. The van der Waals surface area contributed by atoms with Crippen LogP contribution in [0.2, 0.25) is 0 Å². The maximum atomic E-state index is 12.2. The van der Waals surface area contributed by atoms with Gasteiger partial charge >= 0.3 is 11.7 Å². The molecule has 0 bridgehead atoms. The van der Waals surface area contributed by atoms with Gasteiger partial charge in [0.15, 0.2) is 5.12 Å². The third-order valence-electron chi connectivity index (χ3n) is 4.77. The number of aliphatic hydroxyl groups excluding tert-OH is 1. The van der Waals surface area contributed by atoms with Crippen LogP contribution in [0.1, 0.15) is 60.6 Å². The number of ether oxygens (including phenoxy) is 2. The van der Waals surface area contributed by atoms with Gasteiger partial charge in [0, 0.05) is 24.5 Å². The summed E-state index contributed by atoms with van der Waals surface area (Å²) in [4.78, 5) is 40.2. The number of aliphatic hydroxyl groups is 1. The second-order valence-corrected chi connectivity index (χ2v) is 11.8. The third kappa shape index (κ3) is 12.2. The molecule has 1 saturated heterocycles. The van der Waals surface area contributed by atoms with Crippen molar-refractivity contribution in [2.24, 2.45) is 5.41 Å². The highest BCUT2D eigenvalue weighted by molar-refractivity contribution is 8.13. The molecule has 1 aliphatic rings. The van der Waals surface area contributed by atoms with Gasteiger partial charge in [-0.15, -0.1) is 0 Å². The minimum atomic E-state index is -1.66. The van der Waals surface area contributed by atoms with Crippen molar-refractivity contribution in [2.75, 3.05) is 31.8 Å². The lowest BCUT2D eigenvalue weighted by Crippen LogP contribution is -2.35. The first-order valence-electron chi connectivity index (χ1n) is 12.0. The molecule has 14 heteroatoms. The van der Waals surface area contributed by atoms with E-state index in [1.807, 2.05) is 20.8 Å². The zero-order valence-corrected chi connectivity index (χ0v) is 24.3. The van der Waals surface area contributed by atoms with Gasteiger partial charge in [-0.3, -0.25) is 14.2 Å². The lowest BCUT2D eigenvalue weighted by atomic mass is 10.00. The van der Waals surface area contributed by atoms with Gasteiger partial charge in [0.05, 0.1) is 25.4 Å². The molecule has 1 aliphatic heterocycles. The van der Waals surface area contributed by atoms with Crippen LogP contribution in [0.3, 0.4) is 0 Å². The second kappa shape index (κ2) is 16.4. The minimum absolute atomic E-state index is 0.0750. The first-order chi connectivity index (χ1) is 17.4. The molecule has 37 heavy (non-hydrogen) atoms. The quantitative estimate of drug-likeness (QED) is 0.193.